The predicted molar refractivity (Wildman–Crippen MR) is 348 cm³/mol. The molecule has 0 bridgehead atoms. The largest absolute Gasteiger partial charge is 0.462 e. The molecular formula is C74H116O6. The van der Waals surface area contributed by atoms with Gasteiger partial charge in [0.1, 0.15) is 13.2 Å². The lowest BCUT2D eigenvalue weighted by Crippen LogP contribution is -2.30. The third-order valence-corrected chi connectivity index (χ3v) is 13.0. The number of rotatable bonds is 56. The van der Waals surface area contributed by atoms with Crippen LogP contribution in [0.15, 0.2) is 170 Å². The molecule has 0 aromatic carbocycles. The molecule has 80 heavy (non-hydrogen) atoms. The van der Waals surface area contributed by atoms with Gasteiger partial charge in [0.05, 0.1) is 0 Å². The van der Waals surface area contributed by atoms with Crippen LogP contribution in [0.1, 0.15) is 258 Å². The molecule has 6 nitrogen and oxygen atoms in total. The molecular weight excluding hydrogens is 985 g/mol. The monoisotopic (exact) mass is 1100 g/mol. The van der Waals surface area contributed by atoms with Crippen molar-refractivity contribution >= 4 is 17.9 Å². The van der Waals surface area contributed by atoms with E-state index in [9.17, 15) is 14.4 Å². The molecule has 0 saturated carbocycles. The number of hydrogen-bond donors (Lipinski definition) is 0. The van der Waals surface area contributed by atoms with Crippen molar-refractivity contribution in [2.75, 3.05) is 13.2 Å². The summed E-state index contributed by atoms with van der Waals surface area (Å²) >= 11 is 0. The number of ether oxygens (including phenoxy) is 3. The lowest BCUT2D eigenvalue weighted by Gasteiger charge is -2.18. The third kappa shape index (κ3) is 63.6. The van der Waals surface area contributed by atoms with E-state index < -0.39 is 12.1 Å². The van der Waals surface area contributed by atoms with Crippen molar-refractivity contribution in [3.8, 4) is 0 Å². The van der Waals surface area contributed by atoms with E-state index in [-0.39, 0.29) is 31.6 Å². The number of carbonyl (C=O) groups is 3. The van der Waals surface area contributed by atoms with E-state index in [1.807, 2.05) is 12.2 Å². The fourth-order valence-electron chi connectivity index (χ4n) is 8.25. The fourth-order valence-corrected chi connectivity index (χ4v) is 8.25. The summed E-state index contributed by atoms with van der Waals surface area (Å²) < 4.78 is 16.8. The van der Waals surface area contributed by atoms with Crippen LogP contribution in [0.4, 0.5) is 0 Å². The van der Waals surface area contributed by atoms with E-state index in [0.717, 1.165) is 141 Å². The second-order valence-electron chi connectivity index (χ2n) is 20.6. The van der Waals surface area contributed by atoms with Crippen molar-refractivity contribution in [1.82, 2.24) is 0 Å². The molecule has 1 atom stereocenters. The Bertz CT molecular complexity index is 1840. The highest BCUT2D eigenvalue weighted by molar-refractivity contribution is 5.71. The Kier molecular flexibility index (Phi) is 61.9. The van der Waals surface area contributed by atoms with Crippen LogP contribution < -0.4 is 0 Å². The zero-order valence-corrected chi connectivity index (χ0v) is 51.3. The molecule has 1 unspecified atom stereocenters. The van der Waals surface area contributed by atoms with Gasteiger partial charge in [-0.1, -0.05) is 287 Å². The molecule has 0 N–H and O–H groups in total. The van der Waals surface area contributed by atoms with Crippen LogP contribution in [0.25, 0.3) is 0 Å². The first-order chi connectivity index (χ1) is 39.5. The Balaban J connectivity index is 4.43. The molecule has 0 aliphatic carbocycles. The van der Waals surface area contributed by atoms with Crippen LogP contribution in [-0.4, -0.2) is 37.2 Å². The Morgan fingerprint density at radius 3 is 0.812 bits per heavy atom. The van der Waals surface area contributed by atoms with E-state index in [4.69, 9.17) is 14.2 Å². The van der Waals surface area contributed by atoms with Crippen molar-refractivity contribution in [2.24, 2.45) is 0 Å². The number of hydrogen-bond acceptors (Lipinski definition) is 6. The number of esters is 3. The van der Waals surface area contributed by atoms with E-state index in [1.54, 1.807) is 0 Å². The second kappa shape index (κ2) is 66.3. The Hall–Kier alpha value is -5.23. The maximum Gasteiger partial charge on any atom is 0.306 e. The average Bonchev–Trinajstić information content (AvgIpc) is 3.46. The quantitative estimate of drug-likeness (QED) is 0.0261. The van der Waals surface area contributed by atoms with Crippen molar-refractivity contribution < 1.29 is 28.6 Å². The average molecular weight is 1100 g/mol. The van der Waals surface area contributed by atoms with Gasteiger partial charge in [0.15, 0.2) is 6.10 Å². The number of unbranched alkanes of at least 4 members (excludes halogenated alkanes) is 17. The van der Waals surface area contributed by atoms with Gasteiger partial charge in [0.2, 0.25) is 0 Å². The van der Waals surface area contributed by atoms with Crippen LogP contribution in [0.3, 0.4) is 0 Å². The molecule has 0 radical (unpaired) electrons. The van der Waals surface area contributed by atoms with Gasteiger partial charge in [-0.25, -0.2) is 0 Å². The molecule has 0 heterocycles. The van der Waals surface area contributed by atoms with Crippen LogP contribution in [0, 0.1) is 0 Å². The minimum Gasteiger partial charge on any atom is -0.462 e. The molecule has 0 amide bonds. The molecule has 0 saturated heterocycles. The van der Waals surface area contributed by atoms with Gasteiger partial charge in [0, 0.05) is 19.3 Å². The molecule has 0 aliphatic heterocycles. The molecule has 0 aromatic rings. The predicted octanol–water partition coefficient (Wildman–Crippen LogP) is 22.3. The van der Waals surface area contributed by atoms with Crippen molar-refractivity contribution in [3.05, 3.63) is 170 Å². The topological polar surface area (TPSA) is 78.9 Å². The van der Waals surface area contributed by atoms with Gasteiger partial charge in [-0.15, -0.1) is 0 Å². The Labute approximate surface area is 492 Å². The lowest BCUT2D eigenvalue weighted by atomic mass is 10.0. The molecule has 448 valence electrons. The van der Waals surface area contributed by atoms with E-state index in [0.29, 0.717) is 19.3 Å². The molecule has 0 aromatic heterocycles. The van der Waals surface area contributed by atoms with E-state index >= 15 is 0 Å². The summed E-state index contributed by atoms with van der Waals surface area (Å²) in [6.07, 6.45) is 98.0. The van der Waals surface area contributed by atoms with E-state index in [2.05, 4.69) is 179 Å². The van der Waals surface area contributed by atoms with Crippen LogP contribution in [-0.2, 0) is 28.6 Å². The summed E-state index contributed by atoms with van der Waals surface area (Å²) in [4.78, 5) is 38.2. The summed E-state index contributed by atoms with van der Waals surface area (Å²) in [5, 5.41) is 0. The molecule has 0 fully saturated rings. The molecule has 0 spiro atoms. The van der Waals surface area contributed by atoms with Gasteiger partial charge in [0.25, 0.3) is 0 Å². The minimum absolute atomic E-state index is 0.118. The number of carbonyl (C=O) groups excluding carboxylic acids is 3. The highest BCUT2D eigenvalue weighted by atomic mass is 16.6. The smallest absolute Gasteiger partial charge is 0.306 e. The Morgan fingerprint density at radius 2 is 0.512 bits per heavy atom. The summed E-state index contributed by atoms with van der Waals surface area (Å²) in [6, 6.07) is 0. The highest BCUT2D eigenvalue weighted by Gasteiger charge is 2.19. The molecule has 6 heteroatoms. The van der Waals surface area contributed by atoms with Crippen LogP contribution in [0.5, 0.6) is 0 Å². The van der Waals surface area contributed by atoms with Gasteiger partial charge in [-0.3, -0.25) is 14.4 Å². The zero-order chi connectivity index (χ0) is 57.8. The van der Waals surface area contributed by atoms with Gasteiger partial charge in [-0.2, -0.15) is 0 Å². The van der Waals surface area contributed by atoms with Gasteiger partial charge in [-0.05, 0) is 122 Å². The summed E-state index contributed by atoms with van der Waals surface area (Å²) in [5.41, 5.74) is 0. The maximum atomic E-state index is 12.9. The van der Waals surface area contributed by atoms with Crippen molar-refractivity contribution in [2.45, 2.75) is 264 Å². The SMILES string of the molecule is CC/C=C\C/C=C\C/C=C\C/C=C\C/C=C\C/C=C\C/C=C\C/C=C\CCCCCCCCC(=O)OCC(COC(=O)CCCCCCCCCCCCCC)OC(=O)CC/C=C\C/C=C\C/C=C\C/C=C\C/C=C\C/C=C\CC. The standard InChI is InChI=1S/C74H116O6/c1-4-7-10-13-16-19-22-25-27-29-31-32-33-34-35-36-37-38-39-40-41-42-44-45-47-49-52-55-58-61-64-67-73(76)79-70-71(69-78-72(75)66-63-60-57-54-51-24-21-18-15-12-9-6-3)80-74(77)68-65-62-59-56-53-50-48-46-43-30-28-26-23-20-17-14-11-8-5-2/h7-8,10-11,16-17,19-20,25-28,31-32,34-35,37-38,40-41,43-46,50,53,59,62,71H,4-6,9,12-15,18,21-24,29-30,33,36,39,42,47-49,51-52,54-58,60-61,63-70H2,1-3H3/b10-7-,11-8-,19-16-,20-17-,27-25-,28-26-,32-31-,35-34-,38-37-,41-40-,45-44-,46-43-,53-50-,62-59-. The van der Waals surface area contributed by atoms with Crippen molar-refractivity contribution in [3.63, 3.8) is 0 Å². The normalized spacial score (nSPS) is 13.3. The van der Waals surface area contributed by atoms with Gasteiger partial charge < -0.3 is 14.2 Å². The summed E-state index contributed by atoms with van der Waals surface area (Å²) in [5.74, 6) is -1.02. The van der Waals surface area contributed by atoms with Crippen molar-refractivity contribution in [1.29, 1.82) is 0 Å². The van der Waals surface area contributed by atoms with E-state index in [1.165, 1.54) is 70.6 Å². The van der Waals surface area contributed by atoms with Gasteiger partial charge >= 0.3 is 17.9 Å². The highest BCUT2D eigenvalue weighted by Crippen LogP contribution is 2.14. The zero-order valence-electron chi connectivity index (χ0n) is 51.3. The maximum absolute atomic E-state index is 12.9. The third-order valence-electron chi connectivity index (χ3n) is 13.0. The first kappa shape index (κ1) is 74.8. The lowest BCUT2D eigenvalue weighted by molar-refractivity contribution is -0.166. The summed E-state index contributed by atoms with van der Waals surface area (Å²) in [7, 11) is 0. The Morgan fingerprint density at radius 1 is 0.263 bits per heavy atom. The van der Waals surface area contributed by atoms with Crippen LogP contribution >= 0.6 is 0 Å². The van der Waals surface area contributed by atoms with Crippen LogP contribution in [0.2, 0.25) is 0 Å². The second-order valence-corrected chi connectivity index (χ2v) is 20.6. The molecule has 0 rings (SSSR count). The summed E-state index contributed by atoms with van der Waals surface area (Å²) in [6.45, 7) is 6.33. The fraction of sp³-hybridized carbons (Fsp3) is 0.581. The number of allylic oxidation sites excluding steroid dienone is 28. The minimum atomic E-state index is -0.832. The molecule has 0 aliphatic rings. The first-order valence-corrected chi connectivity index (χ1v) is 32.1. The first-order valence-electron chi connectivity index (χ1n) is 32.1.